The van der Waals surface area contributed by atoms with Crippen molar-refractivity contribution in [3.05, 3.63) is 28.5 Å². The number of amides is 2. The summed E-state index contributed by atoms with van der Waals surface area (Å²) in [4.78, 5) is 29.8. The molecule has 2 rings (SSSR count). The summed E-state index contributed by atoms with van der Waals surface area (Å²) >= 11 is 6.13. The second kappa shape index (κ2) is 9.34. The summed E-state index contributed by atoms with van der Waals surface area (Å²) in [5.41, 5.74) is 0.261. The van der Waals surface area contributed by atoms with Crippen LogP contribution >= 0.6 is 11.6 Å². The van der Waals surface area contributed by atoms with Gasteiger partial charge in [0.25, 0.3) is 5.91 Å². The van der Waals surface area contributed by atoms with Crippen LogP contribution in [0.15, 0.2) is 12.1 Å². The van der Waals surface area contributed by atoms with Crippen LogP contribution in [0, 0.1) is 0 Å². The molecule has 2 amide bonds. The first-order valence-electron chi connectivity index (χ1n) is 8.86. The number of aromatic nitrogens is 1. The van der Waals surface area contributed by atoms with Gasteiger partial charge in [0.1, 0.15) is 11.3 Å². The van der Waals surface area contributed by atoms with Crippen LogP contribution in [0.3, 0.4) is 0 Å². The molecule has 2 heterocycles. The molecule has 1 aliphatic heterocycles. The molecule has 1 fully saturated rings. The summed E-state index contributed by atoms with van der Waals surface area (Å²) < 4.78 is 11.1. The lowest BCUT2D eigenvalue weighted by molar-refractivity contribution is 0.0126. The largest absolute Gasteiger partial charge is 0.444 e. The third kappa shape index (κ3) is 6.64. The van der Waals surface area contributed by atoms with Crippen LogP contribution < -0.4 is 10.6 Å². The molecule has 8 nitrogen and oxygen atoms in total. The standard InChI is InChI=1S/C18H27ClN4O4/c1-18(2,3)27-17(25)23-8-7-21-12(9-23)10-26-11-15-13(19)5-6-14(22-15)16(24)20-4/h5-6,12,21H,7-11H2,1-4H3,(H,20,24)/t12-/m1/s1. The number of nitrogens with zero attached hydrogens (tertiary/aromatic N) is 2. The van der Waals surface area contributed by atoms with E-state index in [9.17, 15) is 9.59 Å². The number of rotatable bonds is 5. The number of carbonyl (C=O) groups excluding carboxylic acids is 2. The zero-order valence-corrected chi connectivity index (χ0v) is 16.9. The molecule has 0 aromatic carbocycles. The highest BCUT2D eigenvalue weighted by Crippen LogP contribution is 2.16. The Hall–Kier alpha value is -1.90. The smallest absolute Gasteiger partial charge is 0.410 e. The number of hydrogen-bond acceptors (Lipinski definition) is 6. The Morgan fingerprint density at radius 3 is 2.81 bits per heavy atom. The third-order valence-electron chi connectivity index (χ3n) is 3.84. The van der Waals surface area contributed by atoms with Gasteiger partial charge >= 0.3 is 6.09 Å². The Morgan fingerprint density at radius 1 is 1.41 bits per heavy atom. The van der Waals surface area contributed by atoms with E-state index in [2.05, 4.69) is 15.6 Å². The fourth-order valence-corrected chi connectivity index (χ4v) is 2.73. The average molecular weight is 399 g/mol. The first-order chi connectivity index (χ1) is 12.7. The van der Waals surface area contributed by atoms with Gasteiger partial charge in [-0.3, -0.25) is 4.79 Å². The first kappa shape index (κ1) is 21.4. The van der Waals surface area contributed by atoms with Crippen molar-refractivity contribution in [2.24, 2.45) is 0 Å². The number of pyridine rings is 1. The molecular formula is C18H27ClN4O4. The summed E-state index contributed by atoms with van der Waals surface area (Å²) in [5, 5.41) is 6.28. The maximum absolute atomic E-state index is 12.2. The molecule has 1 aliphatic rings. The van der Waals surface area contributed by atoms with E-state index < -0.39 is 5.60 Å². The first-order valence-corrected chi connectivity index (χ1v) is 9.24. The highest BCUT2D eigenvalue weighted by Gasteiger charge is 2.27. The topological polar surface area (TPSA) is 92.8 Å². The van der Waals surface area contributed by atoms with E-state index in [1.165, 1.54) is 0 Å². The van der Waals surface area contributed by atoms with Gasteiger partial charge in [-0.15, -0.1) is 0 Å². The van der Waals surface area contributed by atoms with Crippen molar-refractivity contribution >= 4 is 23.6 Å². The maximum Gasteiger partial charge on any atom is 0.410 e. The van der Waals surface area contributed by atoms with Gasteiger partial charge < -0.3 is 25.0 Å². The quantitative estimate of drug-likeness (QED) is 0.785. The van der Waals surface area contributed by atoms with E-state index in [1.54, 1.807) is 24.1 Å². The molecule has 0 radical (unpaired) electrons. The molecule has 0 aliphatic carbocycles. The Balaban J connectivity index is 1.86. The van der Waals surface area contributed by atoms with Crippen molar-refractivity contribution in [2.75, 3.05) is 33.3 Å². The van der Waals surface area contributed by atoms with Crippen molar-refractivity contribution in [1.29, 1.82) is 0 Å². The maximum atomic E-state index is 12.2. The van der Waals surface area contributed by atoms with Gasteiger partial charge in [-0.25, -0.2) is 9.78 Å². The molecule has 27 heavy (non-hydrogen) atoms. The van der Waals surface area contributed by atoms with Crippen LogP contribution in [-0.4, -0.2) is 66.8 Å². The molecule has 1 atom stereocenters. The zero-order valence-electron chi connectivity index (χ0n) is 16.2. The van der Waals surface area contributed by atoms with Gasteiger partial charge in [-0.05, 0) is 32.9 Å². The number of ether oxygens (including phenoxy) is 2. The summed E-state index contributed by atoms with van der Waals surface area (Å²) in [7, 11) is 1.54. The fourth-order valence-electron chi connectivity index (χ4n) is 2.57. The van der Waals surface area contributed by atoms with Gasteiger partial charge in [0.2, 0.25) is 0 Å². The number of nitrogens with one attached hydrogen (secondary N) is 2. The van der Waals surface area contributed by atoms with Gasteiger partial charge in [-0.1, -0.05) is 11.6 Å². The van der Waals surface area contributed by atoms with E-state index in [-0.39, 0.29) is 30.3 Å². The summed E-state index contributed by atoms with van der Waals surface area (Å²) in [5.74, 6) is -0.283. The summed E-state index contributed by atoms with van der Waals surface area (Å²) in [6.45, 7) is 7.83. The van der Waals surface area contributed by atoms with Crippen LogP contribution in [0.4, 0.5) is 4.79 Å². The van der Waals surface area contributed by atoms with Crippen molar-refractivity contribution in [3.63, 3.8) is 0 Å². The van der Waals surface area contributed by atoms with Crippen LogP contribution in [-0.2, 0) is 16.1 Å². The monoisotopic (exact) mass is 398 g/mol. The van der Waals surface area contributed by atoms with Crippen LogP contribution in [0.1, 0.15) is 37.0 Å². The minimum atomic E-state index is -0.522. The van der Waals surface area contributed by atoms with Crippen molar-refractivity contribution in [1.82, 2.24) is 20.5 Å². The number of halogens is 1. The molecule has 2 N–H and O–H groups in total. The second-order valence-electron chi connectivity index (χ2n) is 7.30. The highest BCUT2D eigenvalue weighted by molar-refractivity contribution is 6.31. The molecule has 150 valence electrons. The van der Waals surface area contributed by atoms with E-state index in [4.69, 9.17) is 21.1 Å². The normalized spacial score (nSPS) is 17.5. The van der Waals surface area contributed by atoms with Crippen molar-refractivity contribution in [2.45, 2.75) is 39.0 Å². The molecule has 1 aromatic heterocycles. The molecule has 0 unspecified atom stereocenters. The van der Waals surface area contributed by atoms with Gasteiger partial charge in [-0.2, -0.15) is 0 Å². The Kier molecular flexibility index (Phi) is 7.41. The lowest BCUT2D eigenvalue weighted by Crippen LogP contribution is -2.55. The third-order valence-corrected chi connectivity index (χ3v) is 4.19. The molecular weight excluding hydrogens is 372 g/mol. The van der Waals surface area contributed by atoms with E-state index in [1.807, 2.05) is 20.8 Å². The van der Waals surface area contributed by atoms with Crippen LogP contribution in [0.5, 0.6) is 0 Å². The molecule has 0 spiro atoms. The SMILES string of the molecule is CNC(=O)c1ccc(Cl)c(COC[C@H]2CN(C(=O)OC(C)(C)C)CCN2)n1. The molecule has 0 bridgehead atoms. The Bertz CT molecular complexity index is 678. The van der Waals surface area contributed by atoms with Gasteiger partial charge in [0.05, 0.1) is 23.9 Å². The van der Waals surface area contributed by atoms with Crippen molar-refractivity contribution in [3.8, 4) is 0 Å². The average Bonchev–Trinajstić information content (AvgIpc) is 2.61. The van der Waals surface area contributed by atoms with E-state index >= 15 is 0 Å². The number of hydrogen-bond donors (Lipinski definition) is 2. The van der Waals surface area contributed by atoms with E-state index in [0.717, 1.165) is 0 Å². The minimum Gasteiger partial charge on any atom is -0.444 e. The van der Waals surface area contributed by atoms with E-state index in [0.29, 0.717) is 37.0 Å². The lowest BCUT2D eigenvalue weighted by Gasteiger charge is -2.34. The Labute approximate surface area is 164 Å². The second-order valence-corrected chi connectivity index (χ2v) is 7.70. The molecule has 0 saturated carbocycles. The van der Waals surface area contributed by atoms with Gasteiger partial charge in [0, 0.05) is 32.7 Å². The fraction of sp³-hybridized carbons (Fsp3) is 0.611. The van der Waals surface area contributed by atoms with Gasteiger partial charge in [0.15, 0.2) is 0 Å². The predicted molar refractivity (Wildman–Crippen MR) is 102 cm³/mol. The number of piperazine rings is 1. The summed E-state index contributed by atoms with van der Waals surface area (Å²) in [6, 6.07) is 3.17. The highest BCUT2D eigenvalue weighted by atomic mass is 35.5. The summed E-state index contributed by atoms with van der Waals surface area (Å²) in [6.07, 6.45) is -0.322. The van der Waals surface area contributed by atoms with Crippen LogP contribution in [0.2, 0.25) is 5.02 Å². The number of carbonyl (C=O) groups is 2. The zero-order chi connectivity index (χ0) is 20.0. The lowest BCUT2D eigenvalue weighted by atomic mass is 10.2. The minimum absolute atomic E-state index is 0.0211. The predicted octanol–water partition coefficient (Wildman–Crippen LogP) is 1.82. The van der Waals surface area contributed by atoms with Crippen LogP contribution in [0.25, 0.3) is 0 Å². The molecule has 1 aromatic rings. The molecule has 9 heteroatoms. The molecule has 1 saturated heterocycles. The Morgan fingerprint density at radius 2 is 2.15 bits per heavy atom. The van der Waals surface area contributed by atoms with Crippen molar-refractivity contribution < 1.29 is 19.1 Å².